The summed E-state index contributed by atoms with van der Waals surface area (Å²) in [5.74, 6) is 0.919. The summed E-state index contributed by atoms with van der Waals surface area (Å²) in [6, 6.07) is 10.8. The van der Waals surface area contributed by atoms with Crippen LogP contribution in [0.2, 0.25) is 0 Å². The summed E-state index contributed by atoms with van der Waals surface area (Å²) >= 11 is 1.70. The zero-order valence-corrected chi connectivity index (χ0v) is 13.3. The average Bonchev–Trinajstić information content (AvgIpc) is 2.46. The molecule has 0 saturated carbocycles. The van der Waals surface area contributed by atoms with Gasteiger partial charge in [0, 0.05) is 23.2 Å². The average molecular weight is 287 g/mol. The second kappa shape index (κ2) is 6.86. The molecule has 2 rings (SSSR count). The van der Waals surface area contributed by atoms with E-state index in [1.165, 1.54) is 11.1 Å². The molecule has 1 atom stereocenters. The highest BCUT2D eigenvalue weighted by atomic mass is 32.2. The van der Waals surface area contributed by atoms with Crippen LogP contribution in [0, 0.1) is 20.8 Å². The minimum absolute atomic E-state index is 0.312. The van der Waals surface area contributed by atoms with Gasteiger partial charge in [-0.15, -0.1) is 0 Å². The lowest BCUT2D eigenvalue weighted by Gasteiger charge is -2.16. The molecule has 3 nitrogen and oxygen atoms in total. The molecule has 106 valence electrons. The monoisotopic (exact) mass is 287 g/mol. The summed E-state index contributed by atoms with van der Waals surface area (Å²) in [4.78, 5) is 9.12. The zero-order chi connectivity index (χ0) is 14.5. The van der Waals surface area contributed by atoms with Crippen LogP contribution in [0.1, 0.15) is 28.6 Å². The van der Waals surface area contributed by atoms with E-state index in [4.69, 9.17) is 0 Å². The third kappa shape index (κ3) is 3.58. The Balaban J connectivity index is 2.07. The summed E-state index contributed by atoms with van der Waals surface area (Å²) in [6.45, 7) is 6.15. The Morgan fingerprint density at radius 2 is 1.65 bits per heavy atom. The van der Waals surface area contributed by atoms with Crippen molar-refractivity contribution in [3.8, 4) is 0 Å². The van der Waals surface area contributed by atoms with Gasteiger partial charge in [-0.1, -0.05) is 42.1 Å². The van der Waals surface area contributed by atoms with E-state index in [1.54, 1.807) is 11.8 Å². The molecule has 0 radical (unpaired) electrons. The van der Waals surface area contributed by atoms with Gasteiger partial charge in [0.2, 0.25) is 0 Å². The number of nitrogens with one attached hydrogen (secondary N) is 1. The maximum Gasteiger partial charge on any atom is 0.188 e. The summed E-state index contributed by atoms with van der Waals surface area (Å²) < 4.78 is 0. The number of hydrogen-bond donors (Lipinski definition) is 1. The predicted molar refractivity (Wildman–Crippen MR) is 85.2 cm³/mol. The molecule has 0 bridgehead atoms. The van der Waals surface area contributed by atoms with Crippen LogP contribution in [0.3, 0.4) is 0 Å². The molecule has 0 amide bonds. The minimum Gasteiger partial charge on any atom is -0.312 e. The number of hydrogen-bond acceptors (Lipinski definition) is 4. The van der Waals surface area contributed by atoms with Crippen LogP contribution in [-0.4, -0.2) is 22.8 Å². The first kappa shape index (κ1) is 15.0. The van der Waals surface area contributed by atoms with E-state index in [0.717, 1.165) is 22.3 Å². The summed E-state index contributed by atoms with van der Waals surface area (Å²) in [6.07, 6.45) is 0. The van der Waals surface area contributed by atoms with Crippen LogP contribution < -0.4 is 5.32 Å². The lowest BCUT2D eigenvalue weighted by Crippen LogP contribution is -2.18. The maximum atomic E-state index is 4.56. The van der Waals surface area contributed by atoms with Crippen LogP contribution in [-0.2, 0) is 0 Å². The number of aromatic nitrogens is 2. The van der Waals surface area contributed by atoms with E-state index in [9.17, 15) is 0 Å². The van der Waals surface area contributed by atoms with Gasteiger partial charge in [-0.2, -0.15) is 0 Å². The molecule has 0 aliphatic heterocycles. The molecule has 20 heavy (non-hydrogen) atoms. The van der Waals surface area contributed by atoms with Gasteiger partial charge >= 0.3 is 0 Å². The first-order valence-corrected chi connectivity index (χ1v) is 7.77. The molecule has 0 fully saturated rings. The molecule has 0 aliphatic rings. The molecule has 1 unspecified atom stereocenters. The van der Waals surface area contributed by atoms with Crippen LogP contribution in [0.15, 0.2) is 35.5 Å². The Morgan fingerprint density at radius 3 is 2.20 bits per heavy atom. The highest BCUT2D eigenvalue weighted by Crippen LogP contribution is 2.23. The second-order valence-corrected chi connectivity index (χ2v) is 5.85. The van der Waals surface area contributed by atoms with E-state index in [0.29, 0.717) is 6.04 Å². The molecule has 1 heterocycles. The third-order valence-electron chi connectivity index (χ3n) is 3.54. The summed E-state index contributed by atoms with van der Waals surface area (Å²) in [5, 5.41) is 4.22. The van der Waals surface area contributed by atoms with Gasteiger partial charge in [-0.25, -0.2) is 9.97 Å². The highest BCUT2D eigenvalue weighted by Gasteiger charge is 2.11. The molecule has 4 heteroatoms. The molecule has 1 aromatic carbocycles. The molecule has 0 spiro atoms. The van der Waals surface area contributed by atoms with Crippen molar-refractivity contribution in [3.05, 3.63) is 52.8 Å². The molecular formula is C16H21N3S. The largest absolute Gasteiger partial charge is 0.312 e. The lowest BCUT2D eigenvalue weighted by molar-refractivity contribution is 0.660. The number of rotatable bonds is 5. The number of nitrogens with zero attached hydrogens (tertiary/aromatic N) is 2. The SMILES string of the molecule is CNC(CSc1nc(C)c(C)c(C)n1)c1ccccc1. The van der Waals surface area contributed by atoms with E-state index in [-0.39, 0.29) is 0 Å². The van der Waals surface area contributed by atoms with Crippen molar-refractivity contribution in [2.45, 2.75) is 32.0 Å². The van der Waals surface area contributed by atoms with Crippen LogP contribution in [0.4, 0.5) is 0 Å². The third-order valence-corrected chi connectivity index (χ3v) is 4.48. The summed E-state index contributed by atoms with van der Waals surface area (Å²) in [7, 11) is 1.99. The van der Waals surface area contributed by atoms with Crippen LogP contribution >= 0.6 is 11.8 Å². The fourth-order valence-electron chi connectivity index (χ4n) is 2.00. The number of aryl methyl sites for hydroxylation is 2. The van der Waals surface area contributed by atoms with Gasteiger partial charge in [0.1, 0.15) is 0 Å². The molecular weight excluding hydrogens is 266 g/mol. The summed E-state index contributed by atoms with van der Waals surface area (Å²) in [5.41, 5.74) is 4.62. The van der Waals surface area contributed by atoms with Crippen molar-refractivity contribution in [1.82, 2.24) is 15.3 Å². The molecule has 0 aliphatic carbocycles. The zero-order valence-electron chi connectivity index (χ0n) is 12.5. The van der Waals surface area contributed by atoms with Crippen molar-refractivity contribution in [2.75, 3.05) is 12.8 Å². The van der Waals surface area contributed by atoms with Gasteiger partial charge < -0.3 is 5.32 Å². The lowest BCUT2D eigenvalue weighted by atomic mass is 10.1. The van der Waals surface area contributed by atoms with Gasteiger partial charge in [-0.05, 0) is 38.9 Å². The van der Waals surface area contributed by atoms with E-state index < -0.39 is 0 Å². The molecule has 1 aromatic heterocycles. The Kier molecular flexibility index (Phi) is 5.15. The first-order chi connectivity index (χ1) is 9.61. The predicted octanol–water partition coefficient (Wildman–Crippen LogP) is 3.45. The van der Waals surface area contributed by atoms with Crippen LogP contribution in [0.5, 0.6) is 0 Å². The fourth-order valence-corrected chi connectivity index (χ4v) is 3.07. The van der Waals surface area contributed by atoms with Crippen molar-refractivity contribution >= 4 is 11.8 Å². The van der Waals surface area contributed by atoms with Gasteiger partial charge in [0.25, 0.3) is 0 Å². The molecule has 0 saturated heterocycles. The number of benzene rings is 1. The second-order valence-electron chi connectivity index (χ2n) is 4.86. The first-order valence-electron chi connectivity index (χ1n) is 6.78. The van der Waals surface area contributed by atoms with Crippen LogP contribution in [0.25, 0.3) is 0 Å². The Bertz CT molecular complexity index is 546. The van der Waals surface area contributed by atoms with E-state index >= 15 is 0 Å². The van der Waals surface area contributed by atoms with Gasteiger partial charge in [0.05, 0.1) is 0 Å². The van der Waals surface area contributed by atoms with E-state index in [2.05, 4.69) is 46.5 Å². The van der Waals surface area contributed by atoms with E-state index in [1.807, 2.05) is 27.0 Å². The Labute approximate surface area is 125 Å². The molecule has 1 N–H and O–H groups in total. The molecule has 2 aromatic rings. The minimum atomic E-state index is 0.312. The number of thioether (sulfide) groups is 1. The smallest absolute Gasteiger partial charge is 0.188 e. The van der Waals surface area contributed by atoms with Gasteiger partial charge in [0.15, 0.2) is 5.16 Å². The normalized spacial score (nSPS) is 12.4. The maximum absolute atomic E-state index is 4.56. The van der Waals surface area contributed by atoms with Crippen molar-refractivity contribution < 1.29 is 0 Å². The Morgan fingerprint density at radius 1 is 1.05 bits per heavy atom. The van der Waals surface area contributed by atoms with Gasteiger partial charge in [-0.3, -0.25) is 0 Å². The topological polar surface area (TPSA) is 37.8 Å². The van der Waals surface area contributed by atoms with Crippen molar-refractivity contribution in [2.24, 2.45) is 0 Å². The standard InChI is InChI=1S/C16H21N3S/c1-11-12(2)18-16(19-13(11)3)20-10-15(17-4)14-8-6-5-7-9-14/h5-9,15,17H,10H2,1-4H3. The fraction of sp³-hybridized carbons (Fsp3) is 0.375. The quantitative estimate of drug-likeness (QED) is 0.675. The van der Waals surface area contributed by atoms with Crippen molar-refractivity contribution in [1.29, 1.82) is 0 Å². The highest BCUT2D eigenvalue weighted by molar-refractivity contribution is 7.99. The Hall–Kier alpha value is -1.39. The van der Waals surface area contributed by atoms with Crippen molar-refractivity contribution in [3.63, 3.8) is 0 Å².